The smallest absolute Gasteiger partial charge is 0.389 e. The lowest BCUT2D eigenvalue weighted by Crippen LogP contribution is -2.58. The number of hydrogen-bond acceptors (Lipinski definition) is 5. The lowest BCUT2D eigenvalue weighted by atomic mass is 9.95. The van der Waals surface area contributed by atoms with Crippen LogP contribution in [0.1, 0.15) is 36.0 Å². The van der Waals surface area contributed by atoms with E-state index >= 15 is 0 Å². The Bertz CT molecular complexity index is 1150. The van der Waals surface area contributed by atoms with E-state index in [2.05, 4.69) is 22.8 Å². The van der Waals surface area contributed by atoms with Gasteiger partial charge in [-0.1, -0.05) is 24.3 Å². The fraction of sp³-hybridized carbons (Fsp3) is 0.500. The maximum atomic E-state index is 13.2. The highest BCUT2D eigenvalue weighted by Crippen LogP contribution is 2.31. The van der Waals surface area contributed by atoms with Gasteiger partial charge < -0.3 is 30.1 Å². The number of urea groups is 1. The lowest BCUT2D eigenvalue weighted by molar-refractivity contribution is -0.150. The van der Waals surface area contributed by atoms with Crippen molar-refractivity contribution in [1.82, 2.24) is 10.2 Å². The van der Waals surface area contributed by atoms with Crippen molar-refractivity contribution in [2.24, 2.45) is 0 Å². The molecule has 2 saturated heterocycles. The number of anilines is 1. The highest BCUT2D eigenvalue weighted by Gasteiger charge is 2.40. The average Bonchev–Trinajstić information content (AvgIpc) is 3.28. The number of carbonyl (C=O) groups excluding carboxylic acids is 2. The summed E-state index contributed by atoms with van der Waals surface area (Å²) < 4.78 is 50.5. The number of halogens is 3. The Labute approximate surface area is 224 Å². The summed E-state index contributed by atoms with van der Waals surface area (Å²) in [7, 11) is 0. The molecule has 11 heteroatoms. The first-order valence-corrected chi connectivity index (χ1v) is 13.2. The van der Waals surface area contributed by atoms with E-state index in [-0.39, 0.29) is 49.9 Å². The second-order valence-corrected chi connectivity index (χ2v) is 10.4. The number of amides is 3. The Hall–Kier alpha value is -3.15. The van der Waals surface area contributed by atoms with E-state index in [0.717, 1.165) is 25.0 Å². The number of nitrogens with zero attached hydrogens (tertiary/aromatic N) is 1. The van der Waals surface area contributed by atoms with Gasteiger partial charge in [0, 0.05) is 11.7 Å². The SMILES string of the molecule is O=C(C[C@H]1CC[C@@H]2[C@H](COC[C@H](O)CN2C(=O)Nc2ccc(C(F)(F)F)cc2)O1)NC1Cc2ccccc2C1. The minimum absolute atomic E-state index is 0.00400. The zero-order chi connectivity index (χ0) is 27.6. The van der Waals surface area contributed by atoms with Crippen LogP contribution in [0.4, 0.5) is 23.7 Å². The number of β-amino-alcohol motifs (C(OH)–C–C–N with tert-alkyl or cyclic N) is 1. The van der Waals surface area contributed by atoms with Crippen molar-refractivity contribution < 1.29 is 37.3 Å². The Balaban J connectivity index is 1.18. The van der Waals surface area contributed by atoms with Crippen molar-refractivity contribution >= 4 is 17.6 Å². The van der Waals surface area contributed by atoms with E-state index in [0.29, 0.717) is 12.8 Å². The van der Waals surface area contributed by atoms with Crippen molar-refractivity contribution in [2.45, 2.75) is 68.7 Å². The number of alkyl halides is 3. The molecule has 3 N–H and O–H groups in total. The average molecular weight is 548 g/mol. The molecule has 8 nitrogen and oxygen atoms in total. The second-order valence-electron chi connectivity index (χ2n) is 10.4. The van der Waals surface area contributed by atoms with Gasteiger partial charge in [-0.05, 0) is 61.1 Å². The Morgan fingerprint density at radius 3 is 2.36 bits per heavy atom. The maximum Gasteiger partial charge on any atom is 0.416 e. The molecule has 39 heavy (non-hydrogen) atoms. The number of hydrogen-bond donors (Lipinski definition) is 3. The Kier molecular flexibility index (Phi) is 8.11. The molecule has 0 spiro atoms. The minimum atomic E-state index is -4.47. The molecule has 3 amide bonds. The molecule has 2 heterocycles. The van der Waals surface area contributed by atoms with Crippen LogP contribution in [0.25, 0.3) is 0 Å². The summed E-state index contributed by atoms with van der Waals surface area (Å²) in [5, 5.41) is 16.1. The third-order valence-electron chi connectivity index (χ3n) is 7.53. The highest BCUT2D eigenvalue weighted by molar-refractivity contribution is 5.89. The summed E-state index contributed by atoms with van der Waals surface area (Å²) >= 11 is 0. The summed E-state index contributed by atoms with van der Waals surface area (Å²) in [5.74, 6) is -0.0876. The van der Waals surface area contributed by atoms with Gasteiger partial charge in [0.1, 0.15) is 6.10 Å². The number of rotatable bonds is 4. The molecule has 1 aliphatic carbocycles. The van der Waals surface area contributed by atoms with Gasteiger partial charge >= 0.3 is 12.2 Å². The predicted molar refractivity (Wildman–Crippen MR) is 136 cm³/mol. The molecule has 0 unspecified atom stereocenters. The van der Waals surface area contributed by atoms with Crippen molar-refractivity contribution in [3.8, 4) is 0 Å². The maximum absolute atomic E-state index is 13.2. The van der Waals surface area contributed by atoms with Crippen LogP contribution in [0.2, 0.25) is 0 Å². The predicted octanol–water partition coefficient (Wildman–Crippen LogP) is 3.52. The number of aliphatic hydroxyl groups is 1. The van der Waals surface area contributed by atoms with Crippen LogP contribution in [-0.2, 0) is 33.3 Å². The fourth-order valence-corrected chi connectivity index (χ4v) is 5.67. The normalized spacial score (nSPS) is 25.7. The van der Waals surface area contributed by atoms with Crippen LogP contribution in [0.3, 0.4) is 0 Å². The van der Waals surface area contributed by atoms with Crippen LogP contribution in [0.15, 0.2) is 48.5 Å². The van der Waals surface area contributed by atoms with Crippen LogP contribution in [0.5, 0.6) is 0 Å². The molecule has 0 bridgehead atoms. The fourth-order valence-electron chi connectivity index (χ4n) is 5.67. The monoisotopic (exact) mass is 547 g/mol. The van der Waals surface area contributed by atoms with Gasteiger partial charge in [0.25, 0.3) is 0 Å². The first kappa shape index (κ1) is 27.4. The molecular formula is C28H32F3N3O5. The zero-order valence-corrected chi connectivity index (χ0v) is 21.3. The summed E-state index contributed by atoms with van der Waals surface area (Å²) in [6, 6.07) is 11.4. The van der Waals surface area contributed by atoms with Crippen LogP contribution in [0, 0.1) is 0 Å². The Morgan fingerprint density at radius 2 is 1.69 bits per heavy atom. The lowest BCUT2D eigenvalue weighted by Gasteiger charge is -2.44. The van der Waals surface area contributed by atoms with Gasteiger partial charge in [0.2, 0.25) is 5.91 Å². The van der Waals surface area contributed by atoms with Crippen LogP contribution >= 0.6 is 0 Å². The van der Waals surface area contributed by atoms with Crippen LogP contribution < -0.4 is 10.6 Å². The number of carbonyl (C=O) groups is 2. The molecule has 2 aromatic rings. The van der Waals surface area contributed by atoms with Crippen LogP contribution in [-0.4, -0.2) is 72.1 Å². The largest absolute Gasteiger partial charge is 0.416 e. The van der Waals surface area contributed by atoms with Gasteiger partial charge in [0.05, 0.1) is 50.0 Å². The third-order valence-corrected chi connectivity index (χ3v) is 7.53. The summed E-state index contributed by atoms with van der Waals surface area (Å²) in [6.45, 7) is 0.121. The first-order chi connectivity index (χ1) is 18.7. The molecule has 2 aromatic carbocycles. The van der Waals surface area contributed by atoms with E-state index in [1.54, 1.807) is 0 Å². The van der Waals surface area contributed by atoms with E-state index < -0.39 is 36.0 Å². The topological polar surface area (TPSA) is 100 Å². The van der Waals surface area contributed by atoms with Gasteiger partial charge in [-0.25, -0.2) is 4.79 Å². The molecule has 2 aliphatic heterocycles. The number of aliphatic hydroxyl groups excluding tert-OH is 1. The second kappa shape index (κ2) is 11.5. The zero-order valence-electron chi connectivity index (χ0n) is 21.3. The molecular weight excluding hydrogens is 515 g/mol. The van der Waals surface area contributed by atoms with E-state index in [1.165, 1.54) is 28.2 Å². The molecule has 3 aliphatic rings. The molecule has 0 aromatic heterocycles. The van der Waals surface area contributed by atoms with E-state index in [4.69, 9.17) is 9.47 Å². The minimum Gasteiger partial charge on any atom is -0.389 e. The van der Waals surface area contributed by atoms with E-state index in [1.807, 2.05) is 12.1 Å². The summed E-state index contributed by atoms with van der Waals surface area (Å²) in [6.07, 6.45) is -3.42. The molecule has 210 valence electrons. The van der Waals surface area contributed by atoms with E-state index in [9.17, 15) is 27.9 Å². The van der Waals surface area contributed by atoms with Crippen molar-refractivity contribution in [3.05, 3.63) is 65.2 Å². The highest BCUT2D eigenvalue weighted by atomic mass is 19.4. The van der Waals surface area contributed by atoms with Gasteiger partial charge in [-0.3, -0.25) is 4.79 Å². The van der Waals surface area contributed by atoms with Crippen molar-refractivity contribution in [2.75, 3.05) is 25.1 Å². The van der Waals surface area contributed by atoms with Crippen molar-refractivity contribution in [1.29, 1.82) is 0 Å². The molecule has 0 saturated carbocycles. The molecule has 0 radical (unpaired) electrons. The number of ether oxygens (including phenoxy) is 2. The summed E-state index contributed by atoms with van der Waals surface area (Å²) in [5.41, 5.74) is 1.90. The number of fused-ring (bicyclic) bond motifs is 2. The summed E-state index contributed by atoms with van der Waals surface area (Å²) in [4.78, 5) is 27.4. The number of benzene rings is 2. The quantitative estimate of drug-likeness (QED) is 0.544. The molecule has 4 atom stereocenters. The van der Waals surface area contributed by atoms with Crippen molar-refractivity contribution in [3.63, 3.8) is 0 Å². The standard InChI is InChI=1S/C28H32F3N3O5/c29-28(30,31)19-5-7-20(8-6-19)33-27(37)34-14-22(35)15-38-16-25-24(34)10-9-23(39-25)13-26(36)32-21-11-17-3-1-2-4-18(17)12-21/h1-8,21-25,35H,9-16H2,(H,32,36)(H,33,37)/t22-,23-,24-,25+/m1/s1. The number of nitrogens with one attached hydrogen (secondary N) is 2. The molecule has 2 fully saturated rings. The third kappa shape index (κ3) is 6.71. The first-order valence-electron chi connectivity index (χ1n) is 13.2. The Morgan fingerprint density at radius 1 is 1.00 bits per heavy atom. The van der Waals surface area contributed by atoms with Gasteiger partial charge in [0.15, 0.2) is 0 Å². The molecule has 5 rings (SSSR count). The van der Waals surface area contributed by atoms with Gasteiger partial charge in [-0.2, -0.15) is 13.2 Å². The van der Waals surface area contributed by atoms with Gasteiger partial charge in [-0.15, -0.1) is 0 Å².